The van der Waals surface area contributed by atoms with E-state index < -0.39 is 11.6 Å². The first-order valence-electron chi connectivity index (χ1n) is 6.86. The predicted octanol–water partition coefficient (Wildman–Crippen LogP) is 3.00. The first-order chi connectivity index (χ1) is 9.29. The summed E-state index contributed by atoms with van der Waals surface area (Å²) in [6.45, 7) is 8.07. The molecule has 2 heterocycles. The largest absolute Gasteiger partial charge is 0.458 e. The highest BCUT2D eigenvalue weighted by Gasteiger charge is 2.37. The van der Waals surface area contributed by atoms with Crippen molar-refractivity contribution in [3.8, 4) is 0 Å². The van der Waals surface area contributed by atoms with Crippen LogP contribution in [-0.4, -0.2) is 35.0 Å². The molecular formula is C15H21NO3S. The van der Waals surface area contributed by atoms with Crippen molar-refractivity contribution in [3.63, 3.8) is 0 Å². The molecule has 2 rings (SSSR count). The van der Waals surface area contributed by atoms with Crippen molar-refractivity contribution in [2.45, 2.75) is 52.2 Å². The first-order valence-corrected chi connectivity index (χ1v) is 7.80. The van der Waals surface area contributed by atoms with Crippen LogP contribution in [0.15, 0.2) is 10.8 Å². The van der Waals surface area contributed by atoms with Crippen molar-refractivity contribution < 1.29 is 14.3 Å². The minimum absolute atomic E-state index is 0.0582. The van der Waals surface area contributed by atoms with E-state index in [0.717, 1.165) is 12.0 Å². The van der Waals surface area contributed by atoms with E-state index in [-0.39, 0.29) is 11.9 Å². The summed E-state index contributed by atoms with van der Waals surface area (Å²) in [7, 11) is 0. The highest BCUT2D eigenvalue weighted by Crippen LogP contribution is 2.25. The molecule has 0 bridgehead atoms. The number of ether oxygens (including phenoxy) is 1. The maximum atomic E-state index is 12.5. The normalized spacial score (nSPS) is 19.2. The molecule has 0 unspecified atom stereocenters. The van der Waals surface area contributed by atoms with Crippen molar-refractivity contribution in [1.82, 2.24) is 4.90 Å². The third kappa shape index (κ3) is 3.20. The number of hydrogen-bond donors (Lipinski definition) is 0. The van der Waals surface area contributed by atoms with Crippen LogP contribution >= 0.6 is 11.3 Å². The lowest BCUT2D eigenvalue weighted by Crippen LogP contribution is -2.43. The van der Waals surface area contributed by atoms with Gasteiger partial charge in [0.05, 0.1) is 5.56 Å². The van der Waals surface area contributed by atoms with Gasteiger partial charge in [-0.15, -0.1) is 0 Å². The van der Waals surface area contributed by atoms with Gasteiger partial charge in [-0.2, -0.15) is 11.3 Å². The number of rotatable bonds is 2. The van der Waals surface area contributed by atoms with Crippen LogP contribution in [0.5, 0.6) is 0 Å². The maximum Gasteiger partial charge on any atom is 0.329 e. The average Bonchev–Trinajstić information content (AvgIpc) is 2.93. The Balaban J connectivity index is 2.13. The second kappa shape index (κ2) is 5.56. The smallest absolute Gasteiger partial charge is 0.329 e. The summed E-state index contributed by atoms with van der Waals surface area (Å²) in [4.78, 5) is 26.4. The molecule has 1 aliphatic heterocycles. The summed E-state index contributed by atoms with van der Waals surface area (Å²) in [6, 6.07) is -0.443. The number of amides is 1. The molecule has 1 aliphatic rings. The fraction of sp³-hybridized carbons (Fsp3) is 0.600. The van der Waals surface area contributed by atoms with E-state index in [0.29, 0.717) is 18.5 Å². The zero-order valence-corrected chi connectivity index (χ0v) is 13.3. The molecule has 4 nitrogen and oxygen atoms in total. The number of likely N-dealkylation sites (tertiary alicyclic amines) is 1. The predicted molar refractivity (Wildman–Crippen MR) is 79.0 cm³/mol. The zero-order valence-electron chi connectivity index (χ0n) is 12.4. The Hall–Kier alpha value is -1.36. The summed E-state index contributed by atoms with van der Waals surface area (Å²) < 4.78 is 5.42. The van der Waals surface area contributed by atoms with Crippen LogP contribution in [-0.2, 0) is 9.53 Å². The molecule has 1 fully saturated rings. The monoisotopic (exact) mass is 295 g/mol. The number of esters is 1. The van der Waals surface area contributed by atoms with Gasteiger partial charge in [-0.3, -0.25) is 4.79 Å². The molecule has 5 heteroatoms. The lowest BCUT2D eigenvalue weighted by Gasteiger charge is -2.27. The molecule has 0 saturated carbocycles. The Labute approximate surface area is 123 Å². The van der Waals surface area contributed by atoms with E-state index in [1.807, 2.05) is 38.5 Å². The van der Waals surface area contributed by atoms with Gasteiger partial charge in [0.2, 0.25) is 0 Å². The van der Waals surface area contributed by atoms with Gasteiger partial charge < -0.3 is 9.64 Å². The van der Waals surface area contributed by atoms with Crippen molar-refractivity contribution in [2.24, 2.45) is 0 Å². The third-order valence-electron chi connectivity index (χ3n) is 3.28. The van der Waals surface area contributed by atoms with E-state index in [1.54, 1.807) is 4.90 Å². The minimum Gasteiger partial charge on any atom is -0.458 e. The fourth-order valence-corrected chi connectivity index (χ4v) is 3.18. The highest BCUT2D eigenvalue weighted by molar-refractivity contribution is 7.08. The number of hydrogen-bond acceptors (Lipinski definition) is 4. The van der Waals surface area contributed by atoms with Gasteiger partial charge in [0.1, 0.15) is 11.6 Å². The summed E-state index contributed by atoms with van der Waals surface area (Å²) in [6.07, 6.45) is 1.53. The van der Waals surface area contributed by atoms with Crippen molar-refractivity contribution in [1.29, 1.82) is 0 Å². The molecule has 0 aliphatic carbocycles. The lowest BCUT2D eigenvalue weighted by molar-refractivity contribution is -0.159. The molecule has 110 valence electrons. The van der Waals surface area contributed by atoms with Gasteiger partial charge in [0.25, 0.3) is 5.91 Å². The van der Waals surface area contributed by atoms with E-state index in [2.05, 4.69) is 0 Å². The van der Waals surface area contributed by atoms with Crippen LogP contribution in [0.25, 0.3) is 0 Å². The molecule has 0 spiro atoms. The van der Waals surface area contributed by atoms with Gasteiger partial charge in [-0.05, 0) is 51.5 Å². The molecule has 1 aromatic rings. The number of aryl methyl sites for hydroxylation is 1. The Kier molecular flexibility index (Phi) is 4.18. The quantitative estimate of drug-likeness (QED) is 0.788. The van der Waals surface area contributed by atoms with E-state index in [1.165, 1.54) is 11.3 Å². The van der Waals surface area contributed by atoms with Crippen molar-refractivity contribution >= 4 is 23.2 Å². The number of nitrogens with zero attached hydrogens (tertiary/aromatic N) is 1. The van der Waals surface area contributed by atoms with E-state index >= 15 is 0 Å². The van der Waals surface area contributed by atoms with Crippen LogP contribution in [0.2, 0.25) is 0 Å². The average molecular weight is 295 g/mol. The molecule has 20 heavy (non-hydrogen) atoms. The molecule has 0 aromatic carbocycles. The highest BCUT2D eigenvalue weighted by atomic mass is 32.1. The SMILES string of the molecule is Cc1cscc1C(=O)N1CCC[C@@H]1C(=O)OC(C)(C)C. The Morgan fingerprint density at radius 1 is 1.35 bits per heavy atom. The van der Waals surface area contributed by atoms with Gasteiger partial charge in [-0.1, -0.05) is 0 Å². The summed E-state index contributed by atoms with van der Waals surface area (Å²) >= 11 is 1.51. The molecule has 1 atom stereocenters. The van der Waals surface area contributed by atoms with Gasteiger partial charge in [0.15, 0.2) is 0 Å². The summed E-state index contributed by atoms with van der Waals surface area (Å²) in [5.74, 6) is -0.353. The fourth-order valence-electron chi connectivity index (χ4n) is 2.36. The van der Waals surface area contributed by atoms with Crippen LogP contribution in [0.3, 0.4) is 0 Å². The second-order valence-electron chi connectivity index (χ2n) is 6.16. The summed E-state index contributed by atoms with van der Waals surface area (Å²) in [5.41, 5.74) is 1.15. The molecule has 1 amide bonds. The van der Waals surface area contributed by atoms with Crippen LogP contribution < -0.4 is 0 Å². The number of carbonyl (C=O) groups is 2. The lowest BCUT2D eigenvalue weighted by atomic mass is 10.1. The van der Waals surface area contributed by atoms with Gasteiger partial charge >= 0.3 is 5.97 Å². The molecular weight excluding hydrogens is 274 g/mol. The van der Waals surface area contributed by atoms with Crippen LogP contribution in [0, 0.1) is 6.92 Å². The maximum absolute atomic E-state index is 12.5. The van der Waals surface area contributed by atoms with Crippen LogP contribution in [0.1, 0.15) is 49.5 Å². The third-order valence-corrected chi connectivity index (χ3v) is 4.14. The van der Waals surface area contributed by atoms with Crippen LogP contribution in [0.4, 0.5) is 0 Å². The van der Waals surface area contributed by atoms with Crippen molar-refractivity contribution in [3.05, 3.63) is 21.9 Å². The molecule has 0 radical (unpaired) electrons. The molecule has 0 N–H and O–H groups in total. The zero-order chi connectivity index (χ0) is 14.9. The first kappa shape index (κ1) is 15.0. The van der Waals surface area contributed by atoms with E-state index in [9.17, 15) is 9.59 Å². The Bertz CT molecular complexity index is 515. The van der Waals surface area contributed by atoms with E-state index in [4.69, 9.17) is 4.74 Å². The minimum atomic E-state index is -0.521. The Morgan fingerprint density at radius 3 is 2.60 bits per heavy atom. The van der Waals surface area contributed by atoms with Crippen molar-refractivity contribution in [2.75, 3.05) is 6.54 Å². The number of thiophene rings is 1. The molecule has 1 aromatic heterocycles. The van der Waals surface area contributed by atoms with Gasteiger partial charge in [-0.25, -0.2) is 4.79 Å². The number of carbonyl (C=O) groups excluding carboxylic acids is 2. The van der Waals surface area contributed by atoms with Gasteiger partial charge in [0, 0.05) is 11.9 Å². The Morgan fingerprint density at radius 2 is 2.05 bits per heavy atom. The standard InChI is InChI=1S/C15H21NO3S/c1-10-8-20-9-11(10)13(17)16-7-5-6-12(16)14(18)19-15(2,3)4/h8-9,12H,5-7H2,1-4H3/t12-/m1/s1. The molecule has 1 saturated heterocycles. The topological polar surface area (TPSA) is 46.6 Å². The second-order valence-corrected chi connectivity index (χ2v) is 6.90. The summed E-state index contributed by atoms with van der Waals surface area (Å²) in [5, 5.41) is 3.80.